The number of amides is 1. The zero-order chi connectivity index (χ0) is 13.7. The number of hydrogen-bond donors (Lipinski definition) is 2. The van der Waals surface area contributed by atoms with Gasteiger partial charge in [-0.1, -0.05) is 6.07 Å². The number of fused-ring (bicyclic) bond motifs is 1. The van der Waals surface area contributed by atoms with Crippen molar-refractivity contribution >= 4 is 23.0 Å². The molecule has 0 unspecified atom stereocenters. The van der Waals surface area contributed by atoms with Gasteiger partial charge in [0.15, 0.2) is 0 Å². The van der Waals surface area contributed by atoms with Crippen LogP contribution in [0.3, 0.4) is 0 Å². The van der Waals surface area contributed by atoms with Crippen LogP contribution in [0.25, 0.3) is 10.9 Å². The number of nitrogens with one attached hydrogen (secondary N) is 1. The SMILES string of the molecule is O=C(O)CCNC(=O)Oc1ccc2ncccc2c1. The molecule has 2 rings (SSSR count). The van der Waals surface area contributed by atoms with Crippen LogP contribution in [0.5, 0.6) is 5.75 Å². The maximum atomic E-state index is 11.4. The van der Waals surface area contributed by atoms with Crippen molar-refractivity contribution in [1.29, 1.82) is 0 Å². The number of carbonyl (C=O) groups is 2. The Bertz CT molecular complexity index is 612. The van der Waals surface area contributed by atoms with Crippen molar-refractivity contribution in [3.8, 4) is 5.75 Å². The summed E-state index contributed by atoms with van der Waals surface area (Å²) in [5.41, 5.74) is 0.807. The molecule has 1 aromatic carbocycles. The molecular weight excluding hydrogens is 248 g/mol. The van der Waals surface area contributed by atoms with Gasteiger partial charge in [0.25, 0.3) is 0 Å². The third-order valence-corrected chi connectivity index (χ3v) is 2.39. The normalized spacial score (nSPS) is 10.1. The summed E-state index contributed by atoms with van der Waals surface area (Å²) in [7, 11) is 0. The molecule has 1 amide bonds. The number of benzene rings is 1. The van der Waals surface area contributed by atoms with Gasteiger partial charge in [-0.15, -0.1) is 0 Å². The van der Waals surface area contributed by atoms with Gasteiger partial charge in [0.2, 0.25) is 0 Å². The molecule has 0 aliphatic heterocycles. The van der Waals surface area contributed by atoms with E-state index in [0.717, 1.165) is 10.9 Å². The van der Waals surface area contributed by atoms with Crippen LogP contribution >= 0.6 is 0 Å². The molecule has 2 aromatic rings. The highest BCUT2D eigenvalue weighted by Crippen LogP contribution is 2.18. The second kappa shape index (κ2) is 5.81. The molecule has 0 saturated heterocycles. The standard InChI is InChI=1S/C13H12N2O4/c16-12(17)5-7-15-13(18)19-10-3-4-11-9(8-10)2-1-6-14-11/h1-4,6,8H,5,7H2,(H,15,18)(H,16,17). The number of nitrogens with zero attached hydrogens (tertiary/aromatic N) is 1. The van der Waals surface area contributed by atoms with Crippen molar-refractivity contribution in [2.45, 2.75) is 6.42 Å². The Labute approximate surface area is 109 Å². The van der Waals surface area contributed by atoms with Crippen LogP contribution in [0.2, 0.25) is 0 Å². The zero-order valence-corrected chi connectivity index (χ0v) is 10.00. The first-order chi connectivity index (χ1) is 9.15. The Morgan fingerprint density at radius 1 is 1.32 bits per heavy atom. The quantitative estimate of drug-likeness (QED) is 0.875. The monoisotopic (exact) mass is 260 g/mol. The molecule has 19 heavy (non-hydrogen) atoms. The average molecular weight is 260 g/mol. The molecule has 0 aliphatic rings. The van der Waals surface area contributed by atoms with E-state index >= 15 is 0 Å². The van der Waals surface area contributed by atoms with Crippen molar-refractivity contribution in [3.63, 3.8) is 0 Å². The maximum Gasteiger partial charge on any atom is 0.412 e. The third kappa shape index (κ3) is 3.67. The van der Waals surface area contributed by atoms with Gasteiger partial charge >= 0.3 is 12.1 Å². The summed E-state index contributed by atoms with van der Waals surface area (Å²) in [4.78, 5) is 25.8. The van der Waals surface area contributed by atoms with Crippen molar-refractivity contribution in [2.75, 3.05) is 6.54 Å². The lowest BCUT2D eigenvalue weighted by Crippen LogP contribution is -2.28. The number of carbonyl (C=O) groups excluding carboxylic acids is 1. The summed E-state index contributed by atoms with van der Waals surface area (Å²) in [5, 5.41) is 11.6. The van der Waals surface area contributed by atoms with Crippen LogP contribution in [-0.4, -0.2) is 28.7 Å². The highest BCUT2D eigenvalue weighted by Gasteiger charge is 2.05. The molecule has 0 bridgehead atoms. The second-order valence-corrected chi connectivity index (χ2v) is 3.82. The molecule has 0 spiro atoms. The fraction of sp³-hybridized carbons (Fsp3) is 0.154. The molecule has 0 aliphatic carbocycles. The summed E-state index contributed by atoms with van der Waals surface area (Å²) in [5.74, 6) is -0.592. The molecule has 2 N–H and O–H groups in total. The predicted molar refractivity (Wildman–Crippen MR) is 68.0 cm³/mol. The van der Waals surface area contributed by atoms with E-state index in [4.69, 9.17) is 9.84 Å². The number of carboxylic acid groups (broad SMARTS) is 1. The Morgan fingerprint density at radius 3 is 2.95 bits per heavy atom. The van der Waals surface area contributed by atoms with Gasteiger partial charge < -0.3 is 15.2 Å². The Morgan fingerprint density at radius 2 is 2.16 bits per heavy atom. The number of hydrogen-bond acceptors (Lipinski definition) is 4. The Hall–Kier alpha value is -2.63. The molecule has 0 saturated carbocycles. The van der Waals surface area contributed by atoms with Crippen molar-refractivity contribution in [2.24, 2.45) is 0 Å². The van der Waals surface area contributed by atoms with E-state index in [1.165, 1.54) is 0 Å². The van der Waals surface area contributed by atoms with Gasteiger partial charge in [-0.05, 0) is 24.3 Å². The summed E-state index contributed by atoms with van der Waals surface area (Å²) < 4.78 is 5.03. The van der Waals surface area contributed by atoms with Gasteiger partial charge in [0, 0.05) is 18.1 Å². The zero-order valence-electron chi connectivity index (χ0n) is 10.00. The smallest absolute Gasteiger partial charge is 0.412 e. The lowest BCUT2D eigenvalue weighted by atomic mass is 10.2. The van der Waals surface area contributed by atoms with Crippen LogP contribution < -0.4 is 10.1 Å². The van der Waals surface area contributed by atoms with E-state index < -0.39 is 12.1 Å². The Kier molecular flexibility index (Phi) is 3.92. The number of aromatic nitrogens is 1. The van der Waals surface area contributed by atoms with Crippen LogP contribution in [0.15, 0.2) is 36.5 Å². The molecular formula is C13H12N2O4. The molecule has 98 valence electrons. The van der Waals surface area contributed by atoms with Crippen LogP contribution in [-0.2, 0) is 4.79 Å². The molecule has 0 atom stereocenters. The predicted octanol–water partition coefficient (Wildman–Crippen LogP) is 1.80. The number of aliphatic carboxylic acids is 1. The number of pyridine rings is 1. The largest absolute Gasteiger partial charge is 0.481 e. The van der Waals surface area contributed by atoms with Crippen molar-refractivity contribution in [1.82, 2.24) is 10.3 Å². The van der Waals surface area contributed by atoms with Gasteiger partial charge in [0.1, 0.15) is 5.75 Å². The fourth-order valence-corrected chi connectivity index (χ4v) is 1.53. The Balaban J connectivity index is 1.97. The molecule has 0 radical (unpaired) electrons. The van der Waals surface area contributed by atoms with E-state index in [0.29, 0.717) is 5.75 Å². The van der Waals surface area contributed by atoms with E-state index in [1.807, 2.05) is 6.07 Å². The first-order valence-corrected chi connectivity index (χ1v) is 5.67. The molecule has 1 heterocycles. The molecule has 6 heteroatoms. The summed E-state index contributed by atoms with van der Waals surface area (Å²) in [6, 6.07) is 8.72. The van der Waals surface area contributed by atoms with Crippen molar-refractivity contribution < 1.29 is 19.4 Å². The highest BCUT2D eigenvalue weighted by atomic mass is 16.6. The van der Waals surface area contributed by atoms with Gasteiger partial charge in [-0.3, -0.25) is 9.78 Å². The van der Waals surface area contributed by atoms with E-state index in [-0.39, 0.29) is 13.0 Å². The molecule has 6 nitrogen and oxygen atoms in total. The first kappa shape index (κ1) is 12.8. The number of ether oxygens (including phenoxy) is 1. The lowest BCUT2D eigenvalue weighted by molar-refractivity contribution is -0.136. The summed E-state index contributed by atoms with van der Waals surface area (Å²) in [6.07, 6.45) is 0.863. The molecule has 1 aromatic heterocycles. The minimum absolute atomic E-state index is 0.0311. The second-order valence-electron chi connectivity index (χ2n) is 3.82. The third-order valence-electron chi connectivity index (χ3n) is 2.39. The summed E-state index contributed by atoms with van der Waals surface area (Å²) in [6.45, 7) is 0.0311. The van der Waals surface area contributed by atoms with Crippen LogP contribution in [0.1, 0.15) is 6.42 Å². The van der Waals surface area contributed by atoms with Gasteiger partial charge in [-0.2, -0.15) is 0 Å². The minimum Gasteiger partial charge on any atom is -0.481 e. The van der Waals surface area contributed by atoms with Crippen LogP contribution in [0, 0.1) is 0 Å². The fourth-order valence-electron chi connectivity index (χ4n) is 1.53. The minimum atomic E-state index is -0.975. The van der Waals surface area contributed by atoms with Crippen LogP contribution in [0.4, 0.5) is 4.79 Å². The van der Waals surface area contributed by atoms with E-state index in [9.17, 15) is 9.59 Å². The van der Waals surface area contributed by atoms with Gasteiger partial charge in [-0.25, -0.2) is 4.79 Å². The number of carboxylic acids is 1. The summed E-state index contributed by atoms with van der Waals surface area (Å²) >= 11 is 0. The highest BCUT2D eigenvalue weighted by molar-refractivity contribution is 5.81. The maximum absolute atomic E-state index is 11.4. The number of rotatable bonds is 4. The topological polar surface area (TPSA) is 88.5 Å². The van der Waals surface area contributed by atoms with E-state index in [2.05, 4.69) is 10.3 Å². The first-order valence-electron chi connectivity index (χ1n) is 5.67. The van der Waals surface area contributed by atoms with E-state index in [1.54, 1.807) is 30.5 Å². The van der Waals surface area contributed by atoms with Gasteiger partial charge in [0.05, 0.1) is 11.9 Å². The lowest BCUT2D eigenvalue weighted by Gasteiger charge is -2.06. The average Bonchev–Trinajstić information content (AvgIpc) is 2.38. The van der Waals surface area contributed by atoms with Crippen molar-refractivity contribution in [3.05, 3.63) is 36.5 Å². The molecule has 0 fully saturated rings.